The van der Waals surface area contributed by atoms with Gasteiger partial charge in [0.15, 0.2) is 0 Å². The maximum Gasteiger partial charge on any atom is 0.293 e. The van der Waals surface area contributed by atoms with Gasteiger partial charge in [-0.25, -0.2) is 0 Å². The molecule has 1 aliphatic rings. The molecular weight excluding hydrogens is 434 g/mol. The van der Waals surface area contributed by atoms with Gasteiger partial charge in [0.1, 0.15) is 5.75 Å². The zero-order chi connectivity index (χ0) is 23.5. The van der Waals surface area contributed by atoms with Crippen molar-refractivity contribution in [1.29, 1.82) is 0 Å². The van der Waals surface area contributed by atoms with Gasteiger partial charge >= 0.3 is 0 Å². The number of benzene rings is 3. The lowest BCUT2D eigenvalue weighted by Crippen LogP contribution is -2.27. The van der Waals surface area contributed by atoms with Gasteiger partial charge in [0.05, 0.1) is 22.8 Å². The molecule has 1 N–H and O–H groups in total. The van der Waals surface area contributed by atoms with Crippen molar-refractivity contribution < 1.29 is 14.7 Å². The predicted molar refractivity (Wildman–Crippen MR) is 131 cm³/mol. The van der Waals surface area contributed by atoms with Gasteiger partial charge in [-0.15, -0.1) is 0 Å². The fourth-order valence-electron chi connectivity index (χ4n) is 3.39. The molecule has 1 fully saturated rings. The van der Waals surface area contributed by atoms with E-state index in [-0.39, 0.29) is 28.3 Å². The molecule has 33 heavy (non-hydrogen) atoms. The number of rotatable bonds is 5. The highest BCUT2D eigenvalue weighted by Gasteiger charge is 2.35. The summed E-state index contributed by atoms with van der Waals surface area (Å²) in [6.45, 7) is 6.22. The molecule has 0 radical (unpaired) electrons. The van der Waals surface area contributed by atoms with E-state index in [9.17, 15) is 14.7 Å². The van der Waals surface area contributed by atoms with E-state index < -0.39 is 0 Å². The number of aryl methyl sites for hydroxylation is 3. The van der Waals surface area contributed by atoms with Gasteiger partial charge in [-0.3, -0.25) is 14.5 Å². The second-order valence-electron chi connectivity index (χ2n) is 7.97. The molecule has 0 bridgehead atoms. The second kappa shape index (κ2) is 9.42. The number of amides is 2. The molecule has 0 unspecified atom stereocenters. The van der Waals surface area contributed by atoms with Crippen LogP contribution >= 0.6 is 11.8 Å². The van der Waals surface area contributed by atoms with Crippen LogP contribution in [0.3, 0.4) is 0 Å². The minimum absolute atomic E-state index is 0.00869. The fraction of sp³-hybridized carbons (Fsp3) is 0.154. The summed E-state index contributed by atoms with van der Waals surface area (Å²) in [6, 6.07) is 18.3. The van der Waals surface area contributed by atoms with Crippen molar-refractivity contribution in [3.8, 4) is 5.75 Å². The number of hydrogen-bond acceptors (Lipinski definition) is 6. The third-order valence-electron chi connectivity index (χ3n) is 5.37. The highest BCUT2D eigenvalue weighted by atomic mass is 32.2. The summed E-state index contributed by atoms with van der Waals surface area (Å²) >= 11 is 0.861. The summed E-state index contributed by atoms with van der Waals surface area (Å²) < 4.78 is 0. The molecule has 166 valence electrons. The molecule has 2 amide bonds. The van der Waals surface area contributed by atoms with E-state index in [1.54, 1.807) is 12.1 Å². The lowest BCUT2D eigenvalue weighted by atomic mass is 10.1. The molecule has 0 atom stereocenters. The molecule has 4 rings (SSSR count). The van der Waals surface area contributed by atoms with Crippen LogP contribution in [0.25, 0.3) is 6.08 Å². The number of phenols is 1. The van der Waals surface area contributed by atoms with E-state index in [1.165, 1.54) is 22.6 Å². The van der Waals surface area contributed by atoms with Gasteiger partial charge < -0.3 is 5.11 Å². The summed E-state index contributed by atoms with van der Waals surface area (Å²) in [6.07, 6.45) is 1.52. The summed E-state index contributed by atoms with van der Waals surface area (Å²) in [4.78, 5) is 26.8. The first-order valence-electron chi connectivity index (χ1n) is 10.4. The SMILES string of the molecule is Cc1cccc(CN2C(=O)S/C(=C\c3cc(N=Nc4ccc(C)c(C)c4)ccc3O)C2=O)c1. The van der Waals surface area contributed by atoms with Crippen LogP contribution in [0.2, 0.25) is 0 Å². The second-order valence-corrected chi connectivity index (χ2v) is 8.96. The van der Waals surface area contributed by atoms with Crippen molar-refractivity contribution in [2.45, 2.75) is 27.3 Å². The highest BCUT2D eigenvalue weighted by Crippen LogP contribution is 2.36. The molecular formula is C26H23N3O3S. The minimum Gasteiger partial charge on any atom is -0.507 e. The Kier molecular flexibility index (Phi) is 6.42. The van der Waals surface area contributed by atoms with Crippen molar-refractivity contribution in [3.05, 3.63) is 93.4 Å². The highest BCUT2D eigenvalue weighted by molar-refractivity contribution is 8.18. The Morgan fingerprint density at radius 3 is 2.36 bits per heavy atom. The number of imide groups is 1. The number of nitrogens with zero attached hydrogens (tertiary/aromatic N) is 3. The smallest absolute Gasteiger partial charge is 0.293 e. The van der Waals surface area contributed by atoms with Crippen LogP contribution in [0.15, 0.2) is 75.8 Å². The molecule has 3 aromatic carbocycles. The first kappa shape index (κ1) is 22.5. The van der Waals surface area contributed by atoms with E-state index in [0.29, 0.717) is 11.3 Å². The number of carbonyl (C=O) groups excluding carboxylic acids is 2. The standard InChI is InChI=1S/C26H23N3O3S/c1-16-5-4-6-19(11-16)15-29-25(31)24(33-26(29)32)14-20-13-22(9-10-23(20)30)28-27-21-8-7-17(2)18(3)12-21/h4-14,30H,15H2,1-3H3/b24-14-,28-27?. The van der Waals surface area contributed by atoms with Gasteiger partial charge in [0, 0.05) is 5.56 Å². The van der Waals surface area contributed by atoms with Crippen molar-refractivity contribution in [2.75, 3.05) is 0 Å². The first-order valence-corrected chi connectivity index (χ1v) is 11.2. The van der Waals surface area contributed by atoms with Crippen molar-refractivity contribution in [1.82, 2.24) is 4.90 Å². The molecule has 3 aromatic rings. The molecule has 6 nitrogen and oxygen atoms in total. The first-order chi connectivity index (χ1) is 15.8. The number of azo groups is 1. The minimum atomic E-state index is -0.381. The Bertz CT molecular complexity index is 1310. The van der Waals surface area contributed by atoms with Gasteiger partial charge in [-0.05, 0) is 85.6 Å². The molecule has 7 heteroatoms. The third kappa shape index (κ3) is 5.21. The van der Waals surface area contributed by atoms with Crippen LogP contribution in [0, 0.1) is 20.8 Å². The van der Waals surface area contributed by atoms with Gasteiger partial charge in [0.2, 0.25) is 0 Å². The maximum absolute atomic E-state index is 12.9. The lowest BCUT2D eigenvalue weighted by molar-refractivity contribution is -0.123. The summed E-state index contributed by atoms with van der Waals surface area (Å²) in [5.74, 6) is -0.390. The van der Waals surface area contributed by atoms with Crippen LogP contribution in [0.4, 0.5) is 16.2 Å². The monoisotopic (exact) mass is 457 g/mol. The number of phenolic OH excluding ortho intramolecular Hbond substituents is 1. The van der Waals surface area contributed by atoms with Crippen LogP contribution in [0.1, 0.15) is 27.8 Å². The predicted octanol–water partition coefficient (Wildman–Crippen LogP) is 6.97. The Morgan fingerprint density at radius 2 is 1.64 bits per heavy atom. The van der Waals surface area contributed by atoms with Gasteiger partial charge in [0.25, 0.3) is 11.1 Å². The number of hydrogen-bond donors (Lipinski definition) is 1. The molecule has 1 heterocycles. The Balaban J connectivity index is 1.55. The normalized spacial score (nSPS) is 15.2. The van der Waals surface area contributed by atoms with E-state index in [4.69, 9.17) is 0 Å². The number of carbonyl (C=O) groups is 2. The van der Waals surface area contributed by atoms with Gasteiger partial charge in [-0.1, -0.05) is 35.9 Å². The number of thioether (sulfide) groups is 1. The average molecular weight is 458 g/mol. The number of aromatic hydroxyl groups is 1. The molecule has 0 spiro atoms. The average Bonchev–Trinajstić information content (AvgIpc) is 3.04. The topological polar surface area (TPSA) is 82.3 Å². The summed E-state index contributed by atoms with van der Waals surface area (Å²) in [5.41, 5.74) is 5.90. The fourth-order valence-corrected chi connectivity index (χ4v) is 4.22. The lowest BCUT2D eigenvalue weighted by Gasteiger charge is -2.12. The Morgan fingerprint density at radius 1 is 0.909 bits per heavy atom. The Labute approximate surface area is 196 Å². The zero-order valence-electron chi connectivity index (χ0n) is 18.6. The van der Waals surface area contributed by atoms with Crippen molar-refractivity contribution in [2.24, 2.45) is 10.2 Å². The molecule has 0 saturated carbocycles. The van der Waals surface area contributed by atoms with E-state index in [2.05, 4.69) is 10.2 Å². The van der Waals surface area contributed by atoms with E-state index in [0.717, 1.165) is 34.1 Å². The van der Waals surface area contributed by atoms with Crippen molar-refractivity contribution in [3.63, 3.8) is 0 Å². The van der Waals surface area contributed by atoms with Crippen LogP contribution in [0.5, 0.6) is 5.75 Å². The van der Waals surface area contributed by atoms with E-state index >= 15 is 0 Å². The quantitative estimate of drug-likeness (QED) is 0.331. The zero-order valence-corrected chi connectivity index (χ0v) is 19.4. The van der Waals surface area contributed by atoms with Crippen LogP contribution in [-0.2, 0) is 11.3 Å². The molecule has 1 aliphatic heterocycles. The van der Waals surface area contributed by atoms with E-state index in [1.807, 2.05) is 63.2 Å². The molecule has 0 aliphatic carbocycles. The van der Waals surface area contributed by atoms with Crippen LogP contribution < -0.4 is 0 Å². The van der Waals surface area contributed by atoms with Crippen LogP contribution in [-0.4, -0.2) is 21.2 Å². The molecule has 0 aromatic heterocycles. The third-order valence-corrected chi connectivity index (χ3v) is 6.27. The molecule has 1 saturated heterocycles. The largest absolute Gasteiger partial charge is 0.507 e. The Hall–Kier alpha value is -3.71. The summed E-state index contributed by atoms with van der Waals surface area (Å²) in [7, 11) is 0. The van der Waals surface area contributed by atoms with Gasteiger partial charge in [-0.2, -0.15) is 10.2 Å². The van der Waals surface area contributed by atoms with Crippen molar-refractivity contribution >= 4 is 40.4 Å². The maximum atomic E-state index is 12.9. The summed E-state index contributed by atoms with van der Waals surface area (Å²) in [5, 5.41) is 18.5.